The summed E-state index contributed by atoms with van der Waals surface area (Å²) in [5, 5.41) is 2.74. The minimum absolute atomic E-state index is 0.0868. The van der Waals surface area contributed by atoms with Crippen LogP contribution in [-0.4, -0.2) is 7.05 Å². The fourth-order valence-corrected chi connectivity index (χ4v) is 2.30. The van der Waals surface area contributed by atoms with Gasteiger partial charge in [0.15, 0.2) is 0 Å². The number of aryl methyl sites for hydroxylation is 1. The standard InChI is InChI=1S/C15H13ClF3N/c1-8-3-5-12(18)13(14(8)19)15(20-2)9-4-6-11(17)10(16)7-9/h3-7,15,20H,1-2H3. The van der Waals surface area contributed by atoms with E-state index in [1.165, 1.54) is 30.3 Å². The molecule has 1 unspecified atom stereocenters. The Hall–Kier alpha value is -1.52. The van der Waals surface area contributed by atoms with Crippen molar-refractivity contribution in [1.82, 2.24) is 5.32 Å². The average molecular weight is 300 g/mol. The molecule has 0 radical (unpaired) electrons. The monoisotopic (exact) mass is 299 g/mol. The molecular weight excluding hydrogens is 287 g/mol. The highest BCUT2D eigenvalue weighted by molar-refractivity contribution is 6.30. The zero-order valence-electron chi connectivity index (χ0n) is 11.0. The van der Waals surface area contributed by atoms with Crippen molar-refractivity contribution in [3.8, 4) is 0 Å². The first-order valence-corrected chi connectivity index (χ1v) is 6.40. The summed E-state index contributed by atoms with van der Waals surface area (Å²) in [6.45, 7) is 1.56. The van der Waals surface area contributed by atoms with Crippen molar-refractivity contribution >= 4 is 11.6 Å². The van der Waals surface area contributed by atoms with Crippen molar-refractivity contribution in [1.29, 1.82) is 0 Å². The summed E-state index contributed by atoms with van der Waals surface area (Å²) in [5.41, 5.74) is 0.729. The van der Waals surface area contributed by atoms with Crippen LogP contribution in [-0.2, 0) is 0 Å². The van der Waals surface area contributed by atoms with Crippen LogP contribution in [0.4, 0.5) is 13.2 Å². The summed E-state index contributed by atoms with van der Waals surface area (Å²) in [7, 11) is 1.57. The molecule has 2 aromatic rings. The molecule has 1 N–H and O–H groups in total. The van der Waals surface area contributed by atoms with Crippen molar-refractivity contribution < 1.29 is 13.2 Å². The van der Waals surface area contributed by atoms with Gasteiger partial charge in [0.05, 0.1) is 11.1 Å². The van der Waals surface area contributed by atoms with Gasteiger partial charge in [0.2, 0.25) is 0 Å². The fourth-order valence-electron chi connectivity index (χ4n) is 2.11. The van der Waals surface area contributed by atoms with Gasteiger partial charge in [-0.1, -0.05) is 23.7 Å². The first-order valence-electron chi connectivity index (χ1n) is 6.02. The van der Waals surface area contributed by atoms with Crippen molar-refractivity contribution in [3.63, 3.8) is 0 Å². The molecule has 5 heteroatoms. The van der Waals surface area contributed by atoms with Gasteiger partial charge >= 0.3 is 0 Å². The van der Waals surface area contributed by atoms with E-state index < -0.39 is 23.5 Å². The molecule has 0 aliphatic carbocycles. The van der Waals surface area contributed by atoms with Gasteiger partial charge in [-0.3, -0.25) is 0 Å². The highest BCUT2D eigenvalue weighted by Crippen LogP contribution is 2.30. The van der Waals surface area contributed by atoms with E-state index in [0.29, 0.717) is 11.1 Å². The van der Waals surface area contributed by atoms with Gasteiger partial charge in [-0.2, -0.15) is 0 Å². The predicted octanol–water partition coefficient (Wildman–Crippen LogP) is 4.37. The van der Waals surface area contributed by atoms with Crippen molar-refractivity contribution in [2.24, 2.45) is 0 Å². The Morgan fingerprint density at radius 1 is 1.05 bits per heavy atom. The number of rotatable bonds is 3. The van der Waals surface area contributed by atoms with E-state index >= 15 is 0 Å². The van der Waals surface area contributed by atoms with E-state index in [2.05, 4.69) is 5.32 Å². The maximum Gasteiger partial charge on any atom is 0.141 e. The normalized spacial score (nSPS) is 12.5. The zero-order valence-corrected chi connectivity index (χ0v) is 11.7. The lowest BCUT2D eigenvalue weighted by molar-refractivity contribution is 0.517. The molecule has 0 fully saturated rings. The molecule has 1 nitrogen and oxygen atoms in total. The Bertz CT molecular complexity index is 643. The van der Waals surface area contributed by atoms with Gasteiger partial charge < -0.3 is 5.32 Å². The van der Waals surface area contributed by atoms with Gasteiger partial charge in [-0.25, -0.2) is 13.2 Å². The molecule has 20 heavy (non-hydrogen) atoms. The van der Waals surface area contributed by atoms with E-state index in [-0.39, 0.29) is 10.6 Å². The molecule has 0 aliphatic rings. The minimum Gasteiger partial charge on any atom is -0.309 e. The van der Waals surface area contributed by atoms with Gasteiger partial charge in [0.1, 0.15) is 17.5 Å². The number of nitrogens with one attached hydrogen (secondary N) is 1. The van der Waals surface area contributed by atoms with E-state index in [9.17, 15) is 13.2 Å². The molecule has 0 bridgehead atoms. The first kappa shape index (κ1) is 14.9. The van der Waals surface area contributed by atoms with E-state index in [0.717, 1.165) is 0 Å². The lowest BCUT2D eigenvalue weighted by Gasteiger charge is -2.20. The second-order valence-electron chi connectivity index (χ2n) is 4.49. The lowest BCUT2D eigenvalue weighted by Crippen LogP contribution is -2.21. The van der Waals surface area contributed by atoms with Crippen LogP contribution in [0.15, 0.2) is 30.3 Å². The minimum atomic E-state index is -0.743. The van der Waals surface area contributed by atoms with Crippen LogP contribution in [0.1, 0.15) is 22.7 Å². The molecule has 0 spiro atoms. The Morgan fingerprint density at radius 3 is 2.30 bits per heavy atom. The summed E-state index contributed by atoms with van der Waals surface area (Å²) in [5.74, 6) is -1.85. The number of hydrogen-bond acceptors (Lipinski definition) is 1. The smallest absolute Gasteiger partial charge is 0.141 e. The Balaban J connectivity index is 2.58. The van der Waals surface area contributed by atoms with Gasteiger partial charge in [-0.05, 0) is 43.3 Å². The number of hydrogen-bond donors (Lipinski definition) is 1. The van der Waals surface area contributed by atoms with E-state index in [1.54, 1.807) is 14.0 Å². The quantitative estimate of drug-likeness (QED) is 0.887. The van der Waals surface area contributed by atoms with Crippen LogP contribution >= 0.6 is 11.6 Å². The fraction of sp³-hybridized carbons (Fsp3) is 0.200. The SMILES string of the molecule is CNC(c1ccc(F)c(Cl)c1)c1c(F)ccc(C)c1F. The summed E-state index contributed by atoms with van der Waals surface area (Å²) >= 11 is 5.72. The molecule has 0 aliphatic heterocycles. The predicted molar refractivity (Wildman–Crippen MR) is 73.4 cm³/mol. The highest BCUT2D eigenvalue weighted by atomic mass is 35.5. The number of halogens is 4. The van der Waals surface area contributed by atoms with Crippen LogP contribution in [0, 0.1) is 24.4 Å². The van der Waals surface area contributed by atoms with Crippen LogP contribution in [0.5, 0.6) is 0 Å². The summed E-state index contributed by atoms with van der Waals surface area (Å²) in [6.07, 6.45) is 0. The summed E-state index contributed by atoms with van der Waals surface area (Å²) < 4.78 is 41.3. The molecule has 0 amide bonds. The van der Waals surface area contributed by atoms with Crippen molar-refractivity contribution in [2.75, 3.05) is 7.05 Å². The third-order valence-corrected chi connectivity index (χ3v) is 3.46. The molecule has 0 saturated carbocycles. The Kier molecular flexibility index (Phi) is 4.35. The van der Waals surface area contributed by atoms with Crippen molar-refractivity contribution in [2.45, 2.75) is 13.0 Å². The number of benzene rings is 2. The third kappa shape index (κ3) is 2.67. The molecule has 0 heterocycles. The topological polar surface area (TPSA) is 12.0 Å². The summed E-state index contributed by atoms with van der Waals surface area (Å²) in [4.78, 5) is 0. The van der Waals surface area contributed by atoms with Crippen LogP contribution < -0.4 is 5.32 Å². The molecular formula is C15H13ClF3N. The maximum atomic E-state index is 14.2. The molecule has 2 aromatic carbocycles. The molecule has 0 saturated heterocycles. The molecule has 0 aromatic heterocycles. The van der Waals surface area contributed by atoms with Gasteiger partial charge in [-0.15, -0.1) is 0 Å². The van der Waals surface area contributed by atoms with E-state index in [1.807, 2.05) is 0 Å². The lowest BCUT2D eigenvalue weighted by atomic mass is 9.96. The van der Waals surface area contributed by atoms with E-state index in [4.69, 9.17) is 11.6 Å². The molecule has 2 rings (SSSR count). The zero-order chi connectivity index (χ0) is 14.9. The van der Waals surface area contributed by atoms with Crippen LogP contribution in [0.2, 0.25) is 5.02 Å². The second kappa shape index (κ2) is 5.85. The third-order valence-electron chi connectivity index (χ3n) is 3.17. The molecule has 1 atom stereocenters. The Morgan fingerprint density at radius 2 is 1.70 bits per heavy atom. The average Bonchev–Trinajstić information content (AvgIpc) is 2.42. The highest BCUT2D eigenvalue weighted by Gasteiger charge is 2.22. The van der Waals surface area contributed by atoms with Crippen molar-refractivity contribution in [3.05, 3.63) is 69.5 Å². The van der Waals surface area contributed by atoms with Crippen LogP contribution in [0.25, 0.3) is 0 Å². The Labute approximate surface area is 120 Å². The summed E-state index contributed by atoms with van der Waals surface area (Å²) in [6, 6.07) is 5.83. The largest absolute Gasteiger partial charge is 0.309 e. The van der Waals surface area contributed by atoms with Gasteiger partial charge in [0, 0.05) is 5.56 Å². The first-order chi connectivity index (χ1) is 9.45. The van der Waals surface area contributed by atoms with Crippen LogP contribution in [0.3, 0.4) is 0 Å². The second-order valence-corrected chi connectivity index (χ2v) is 4.89. The maximum absolute atomic E-state index is 14.2. The molecule has 106 valence electrons. The van der Waals surface area contributed by atoms with Gasteiger partial charge in [0.25, 0.3) is 0 Å².